The molecular weight excluding hydrogens is 273 g/mol. The second-order valence-corrected chi connectivity index (χ2v) is 4.55. The van der Waals surface area contributed by atoms with Crippen molar-refractivity contribution < 1.29 is 19.0 Å². The van der Waals surface area contributed by atoms with Crippen molar-refractivity contribution in [1.29, 1.82) is 0 Å². The first-order valence-electron chi connectivity index (χ1n) is 6.74. The van der Waals surface area contributed by atoms with Gasteiger partial charge in [0.25, 0.3) is 5.91 Å². The highest BCUT2D eigenvalue weighted by Gasteiger charge is 2.22. The third kappa shape index (κ3) is 4.55. The number of carbonyl (C=O) groups excluding carboxylic acids is 1. The van der Waals surface area contributed by atoms with Gasteiger partial charge >= 0.3 is 0 Å². The number of methoxy groups -OCH3 is 1. The molecule has 5 heteroatoms. The number of aliphatic hydroxyl groups excluding tert-OH is 1. The molecule has 21 heavy (non-hydrogen) atoms. The largest absolute Gasteiger partial charge is 0.384 e. The van der Waals surface area contributed by atoms with E-state index in [0.717, 1.165) is 0 Å². The molecule has 0 heterocycles. The first-order chi connectivity index (χ1) is 10.0. The minimum atomic E-state index is -0.471. The second-order valence-electron chi connectivity index (χ2n) is 4.55. The Balaban J connectivity index is 3.15. The van der Waals surface area contributed by atoms with Gasteiger partial charge in [0.1, 0.15) is 12.4 Å². The first-order valence-corrected chi connectivity index (χ1v) is 6.74. The van der Waals surface area contributed by atoms with Crippen molar-refractivity contribution in [2.45, 2.75) is 19.9 Å². The van der Waals surface area contributed by atoms with Crippen LogP contribution in [0.3, 0.4) is 0 Å². The zero-order chi connectivity index (χ0) is 15.8. The van der Waals surface area contributed by atoms with Crippen LogP contribution in [0.15, 0.2) is 18.2 Å². The second kappa shape index (κ2) is 8.40. The van der Waals surface area contributed by atoms with Crippen molar-refractivity contribution in [1.82, 2.24) is 4.90 Å². The summed E-state index contributed by atoms with van der Waals surface area (Å²) in [5.41, 5.74) is 0.597. The van der Waals surface area contributed by atoms with Gasteiger partial charge < -0.3 is 14.7 Å². The van der Waals surface area contributed by atoms with Crippen LogP contribution in [0.2, 0.25) is 0 Å². The van der Waals surface area contributed by atoms with Crippen LogP contribution >= 0.6 is 0 Å². The smallest absolute Gasteiger partial charge is 0.255 e. The Labute approximate surface area is 124 Å². The summed E-state index contributed by atoms with van der Waals surface area (Å²) >= 11 is 0. The molecule has 1 N–H and O–H groups in total. The molecule has 0 aliphatic carbocycles. The zero-order valence-corrected chi connectivity index (χ0v) is 12.5. The fourth-order valence-corrected chi connectivity index (χ4v) is 2.08. The number of ether oxygens (including phenoxy) is 1. The summed E-state index contributed by atoms with van der Waals surface area (Å²) < 4.78 is 18.4. The highest BCUT2D eigenvalue weighted by atomic mass is 19.1. The van der Waals surface area contributed by atoms with Gasteiger partial charge in [0.15, 0.2) is 0 Å². The van der Waals surface area contributed by atoms with Gasteiger partial charge in [-0.3, -0.25) is 4.79 Å². The molecule has 1 unspecified atom stereocenters. The molecule has 0 radical (unpaired) electrons. The fraction of sp³-hybridized carbons (Fsp3) is 0.438. The maximum Gasteiger partial charge on any atom is 0.255 e. The van der Waals surface area contributed by atoms with Crippen molar-refractivity contribution in [2.75, 3.05) is 26.9 Å². The number of rotatable bonds is 5. The maximum atomic E-state index is 13.3. The number of benzene rings is 1. The molecule has 1 amide bonds. The minimum Gasteiger partial charge on any atom is -0.384 e. The Morgan fingerprint density at radius 3 is 2.81 bits per heavy atom. The molecule has 0 bridgehead atoms. The van der Waals surface area contributed by atoms with E-state index in [0.29, 0.717) is 18.7 Å². The van der Waals surface area contributed by atoms with Crippen LogP contribution in [-0.2, 0) is 4.74 Å². The molecule has 1 aromatic carbocycles. The molecule has 114 valence electrons. The van der Waals surface area contributed by atoms with Crippen molar-refractivity contribution in [3.63, 3.8) is 0 Å². The van der Waals surface area contributed by atoms with Crippen molar-refractivity contribution >= 4 is 5.91 Å². The van der Waals surface area contributed by atoms with Gasteiger partial charge in [0, 0.05) is 19.2 Å². The number of nitrogens with zero attached hydrogens (tertiary/aromatic N) is 1. The molecule has 0 aliphatic rings. The topological polar surface area (TPSA) is 49.8 Å². The predicted molar refractivity (Wildman–Crippen MR) is 78.4 cm³/mol. The highest BCUT2D eigenvalue weighted by molar-refractivity contribution is 5.97. The summed E-state index contributed by atoms with van der Waals surface area (Å²) in [6.07, 6.45) is 0. The molecule has 4 nitrogen and oxygen atoms in total. The lowest BCUT2D eigenvalue weighted by atomic mass is 10.1. The molecule has 1 atom stereocenters. The van der Waals surface area contributed by atoms with E-state index in [-0.39, 0.29) is 24.1 Å². The van der Waals surface area contributed by atoms with Crippen LogP contribution in [0.1, 0.15) is 29.8 Å². The minimum absolute atomic E-state index is 0.101. The fourth-order valence-electron chi connectivity index (χ4n) is 2.08. The van der Waals surface area contributed by atoms with E-state index in [9.17, 15) is 9.18 Å². The molecule has 0 aliphatic heterocycles. The van der Waals surface area contributed by atoms with Gasteiger partial charge in [0.05, 0.1) is 18.2 Å². The van der Waals surface area contributed by atoms with Crippen LogP contribution < -0.4 is 0 Å². The summed E-state index contributed by atoms with van der Waals surface area (Å²) in [6, 6.07) is 3.74. The summed E-state index contributed by atoms with van der Waals surface area (Å²) in [7, 11) is 1.57. The van der Waals surface area contributed by atoms with Crippen LogP contribution in [-0.4, -0.2) is 48.8 Å². The van der Waals surface area contributed by atoms with E-state index in [1.54, 1.807) is 12.0 Å². The summed E-state index contributed by atoms with van der Waals surface area (Å²) in [5, 5.41) is 8.76. The van der Waals surface area contributed by atoms with Crippen LogP contribution in [0.25, 0.3) is 0 Å². The van der Waals surface area contributed by atoms with Gasteiger partial charge in [0.2, 0.25) is 0 Å². The third-order valence-electron chi connectivity index (χ3n) is 3.06. The number of amides is 1. The Bertz CT molecular complexity index is 548. The number of hydrogen-bond donors (Lipinski definition) is 1. The van der Waals surface area contributed by atoms with Gasteiger partial charge in [-0.15, -0.1) is 0 Å². The molecular formula is C16H20FNO3. The van der Waals surface area contributed by atoms with E-state index in [4.69, 9.17) is 9.84 Å². The van der Waals surface area contributed by atoms with E-state index in [2.05, 4.69) is 11.8 Å². The number of hydrogen-bond acceptors (Lipinski definition) is 3. The Morgan fingerprint density at radius 1 is 1.52 bits per heavy atom. The summed E-state index contributed by atoms with van der Waals surface area (Å²) in [4.78, 5) is 14.2. The normalized spacial score (nSPS) is 11.5. The quantitative estimate of drug-likeness (QED) is 0.840. The summed E-state index contributed by atoms with van der Waals surface area (Å²) in [6.45, 7) is 4.33. The monoisotopic (exact) mass is 293 g/mol. The number of aliphatic hydroxyl groups is 1. The lowest BCUT2D eigenvalue weighted by Gasteiger charge is -2.28. The first kappa shape index (κ1) is 17.2. The molecule has 0 fully saturated rings. The van der Waals surface area contributed by atoms with Crippen LogP contribution in [0, 0.1) is 17.7 Å². The molecule has 0 aromatic heterocycles. The van der Waals surface area contributed by atoms with Crippen LogP contribution in [0.4, 0.5) is 4.39 Å². The third-order valence-corrected chi connectivity index (χ3v) is 3.06. The Hall–Kier alpha value is -1.90. The van der Waals surface area contributed by atoms with Crippen molar-refractivity contribution in [3.8, 4) is 11.8 Å². The molecule has 1 rings (SSSR count). The number of halogens is 1. The van der Waals surface area contributed by atoms with Gasteiger partial charge in [-0.2, -0.15) is 0 Å². The van der Waals surface area contributed by atoms with E-state index >= 15 is 0 Å². The van der Waals surface area contributed by atoms with Gasteiger partial charge in [-0.05, 0) is 32.0 Å². The van der Waals surface area contributed by atoms with Gasteiger partial charge in [-0.1, -0.05) is 11.8 Å². The average molecular weight is 293 g/mol. The van der Waals surface area contributed by atoms with Crippen molar-refractivity contribution in [3.05, 3.63) is 35.1 Å². The van der Waals surface area contributed by atoms with E-state index in [1.165, 1.54) is 18.2 Å². The highest BCUT2D eigenvalue weighted by Crippen LogP contribution is 2.15. The predicted octanol–water partition coefficient (Wildman–Crippen LogP) is 1.67. The Kier molecular flexibility index (Phi) is 6.86. The molecule has 0 saturated carbocycles. The summed E-state index contributed by atoms with van der Waals surface area (Å²) in [5.74, 6) is 4.35. The lowest BCUT2D eigenvalue weighted by Crippen LogP contribution is -2.41. The number of carbonyl (C=O) groups is 1. The number of likely N-dealkylation sites (N-methyl/N-ethyl adjacent to an activating group) is 1. The van der Waals surface area contributed by atoms with E-state index < -0.39 is 5.82 Å². The molecule has 0 spiro atoms. The van der Waals surface area contributed by atoms with E-state index in [1.807, 2.05) is 13.8 Å². The molecule has 1 aromatic rings. The van der Waals surface area contributed by atoms with Crippen molar-refractivity contribution in [2.24, 2.45) is 0 Å². The maximum absolute atomic E-state index is 13.3. The average Bonchev–Trinajstić information content (AvgIpc) is 2.46. The molecule has 0 saturated heterocycles. The lowest BCUT2D eigenvalue weighted by molar-refractivity contribution is 0.0579. The Morgan fingerprint density at radius 2 is 2.24 bits per heavy atom. The zero-order valence-electron chi connectivity index (χ0n) is 12.5. The standard InChI is InChI=1S/C16H20FNO3/c1-4-18(12(2)11-21-3)16(20)15-8-7-14(17)10-13(15)6-5-9-19/h7-8,10,12,19H,4,9,11H2,1-3H3. The van der Waals surface area contributed by atoms with Crippen LogP contribution in [0.5, 0.6) is 0 Å². The SMILES string of the molecule is CCN(C(=O)c1ccc(F)cc1C#CCO)C(C)COC. The van der Waals surface area contributed by atoms with Gasteiger partial charge in [-0.25, -0.2) is 4.39 Å².